The second-order valence-electron chi connectivity index (χ2n) is 9.66. The number of ketones is 1. The number of imidazole rings is 1. The molecule has 34 heavy (non-hydrogen) atoms. The summed E-state index contributed by atoms with van der Waals surface area (Å²) < 4.78 is 1.80. The van der Waals surface area contributed by atoms with Gasteiger partial charge in [0.05, 0.1) is 12.0 Å². The molecule has 1 aromatic carbocycles. The molecule has 10 heteroatoms. The number of hydrogen-bond acceptors (Lipinski definition) is 7. The van der Waals surface area contributed by atoms with Gasteiger partial charge in [-0.1, -0.05) is 6.92 Å². The normalized spacial score (nSPS) is 27.3. The third-order valence-electron chi connectivity index (χ3n) is 8.29. The van der Waals surface area contributed by atoms with Gasteiger partial charge in [-0.05, 0) is 55.4 Å². The number of rotatable bonds is 1. The molecule has 10 nitrogen and oxygen atoms in total. The molecule has 3 aromatic rings. The van der Waals surface area contributed by atoms with Gasteiger partial charge in [0.2, 0.25) is 0 Å². The highest BCUT2D eigenvalue weighted by molar-refractivity contribution is 5.87. The van der Waals surface area contributed by atoms with Gasteiger partial charge in [0, 0.05) is 23.5 Å². The van der Waals surface area contributed by atoms with E-state index in [9.17, 15) is 15.0 Å². The maximum atomic E-state index is 12.7. The molecule has 0 amide bonds. The van der Waals surface area contributed by atoms with Crippen molar-refractivity contribution in [3.05, 3.63) is 35.3 Å². The molecule has 0 unspecified atom stereocenters. The van der Waals surface area contributed by atoms with Crippen LogP contribution in [0.1, 0.15) is 56.1 Å². The molecule has 0 radical (unpaired) electrons. The molecular formula is C24H27N5O5. The highest BCUT2D eigenvalue weighted by atomic mass is 16.3. The molecule has 6 rings (SSSR count). The Morgan fingerprint density at radius 3 is 2.76 bits per heavy atom. The number of Topliss-reactive ketones (excluding diaryl/α,β-unsaturated/α-hetero) is 1. The summed E-state index contributed by atoms with van der Waals surface area (Å²) in [7, 11) is 0. The molecule has 5 N–H and O–H groups in total. The van der Waals surface area contributed by atoms with Crippen LogP contribution in [0.2, 0.25) is 0 Å². The van der Waals surface area contributed by atoms with Crippen molar-refractivity contribution in [1.82, 2.24) is 19.5 Å². The van der Waals surface area contributed by atoms with Gasteiger partial charge in [-0.3, -0.25) is 19.6 Å². The van der Waals surface area contributed by atoms with Gasteiger partial charge in [0.1, 0.15) is 17.6 Å². The largest absolute Gasteiger partial charge is 0.504 e. The first-order valence-electron chi connectivity index (χ1n) is 11.5. The number of nitrogens with one attached hydrogen (secondary N) is 2. The minimum Gasteiger partial charge on any atom is -0.504 e. The van der Waals surface area contributed by atoms with E-state index in [-0.39, 0.29) is 34.8 Å². The van der Waals surface area contributed by atoms with Crippen LogP contribution in [0.15, 0.2) is 18.7 Å². The summed E-state index contributed by atoms with van der Waals surface area (Å²) in [5.74, 6) is 1.13. The predicted octanol–water partition coefficient (Wildman–Crippen LogP) is 2.77. The van der Waals surface area contributed by atoms with Crippen molar-refractivity contribution in [2.45, 2.75) is 51.4 Å². The molecule has 3 aliphatic carbocycles. The van der Waals surface area contributed by atoms with Crippen molar-refractivity contribution in [3.8, 4) is 17.2 Å². The van der Waals surface area contributed by atoms with E-state index in [0.717, 1.165) is 42.5 Å². The van der Waals surface area contributed by atoms with Crippen LogP contribution in [0.4, 0.5) is 0 Å². The number of hydrogen-bond donors (Lipinski definition) is 5. The molecule has 2 aromatic heterocycles. The van der Waals surface area contributed by atoms with Gasteiger partial charge in [0.25, 0.3) is 6.47 Å². The molecule has 2 saturated carbocycles. The van der Waals surface area contributed by atoms with Crippen molar-refractivity contribution >= 4 is 23.4 Å². The van der Waals surface area contributed by atoms with Crippen molar-refractivity contribution in [2.75, 3.05) is 0 Å². The topological polar surface area (TPSA) is 165 Å². The van der Waals surface area contributed by atoms with Gasteiger partial charge in [0.15, 0.2) is 22.6 Å². The third-order valence-corrected chi connectivity index (χ3v) is 8.29. The Labute approximate surface area is 194 Å². The average molecular weight is 470 g/mol. The Bertz CT molecular complexity index is 1360. The standard InChI is InChI=1S/C23H25N5O3.CH2O2/c1-23-7-6-12-11(14(23)4-5-17(23)30)2-3-13-18(12)15(8-16(29)20(13)31)28-10-27-21(24)19-22(28)26-9-25-19;2-1-3/h8-12,14,24,29,31H,2-7H2,1H3,(H,25,26);1H,(H,2,3)/t11-,12+,14+,23+;/m1./s1/i24+1,25+1,26+1,27+1,28+1;. The number of aromatic hydroxyl groups is 2. The number of nitrogens with zero attached hydrogens (tertiary/aromatic N) is 3. The maximum Gasteiger partial charge on any atom is 0.290 e. The second kappa shape index (κ2) is 7.96. The number of phenols is 2. The lowest BCUT2D eigenvalue weighted by atomic mass is 9.55. The number of benzene rings is 1. The van der Waals surface area contributed by atoms with Crippen molar-refractivity contribution < 1.29 is 24.9 Å². The van der Waals surface area contributed by atoms with E-state index in [1.165, 1.54) is 6.33 Å². The summed E-state index contributed by atoms with van der Waals surface area (Å²) in [6, 6.07) is 1.59. The first-order valence-corrected chi connectivity index (χ1v) is 11.5. The summed E-state index contributed by atoms with van der Waals surface area (Å²) in [5.41, 5.74) is 3.53. The number of phenolic OH excluding ortho intramolecular Hbond substituents is 2. The van der Waals surface area contributed by atoms with Crippen LogP contribution in [-0.2, 0) is 16.0 Å². The summed E-state index contributed by atoms with van der Waals surface area (Å²) in [6.45, 7) is 1.90. The maximum absolute atomic E-state index is 12.7. The van der Waals surface area contributed by atoms with Gasteiger partial charge in [-0.2, -0.15) is 0 Å². The lowest BCUT2D eigenvalue weighted by molar-refractivity contribution is -0.129. The molecule has 3 aliphatic rings. The Kier molecular flexibility index (Phi) is 5.18. The molecule has 0 saturated heterocycles. The van der Waals surface area contributed by atoms with Crippen LogP contribution >= 0.6 is 0 Å². The zero-order chi connectivity index (χ0) is 24.2. The predicted molar refractivity (Wildman–Crippen MR) is 121 cm³/mol. The molecule has 2 heterocycles. The van der Waals surface area contributed by atoms with Gasteiger partial charge in [-0.25, -0.2) is 9.97 Å². The fourth-order valence-corrected chi connectivity index (χ4v) is 6.76. The monoisotopic (exact) mass is 470 g/mol. The molecule has 0 bridgehead atoms. The number of carbonyl (C=O) groups excluding carboxylic acids is 1. The van der Waals surface area contributed by atoms with Crippen molar-refractivity contribution in [3.63, 3.8) is 0 Å². The van der Waals surface area contributed by atoms with E-state index < -0.39 is 0 Å². The molecule has 178 valence electrons. The molecule has 4 atom stereocenters. The molecule has 0 spiro atoms. The van der Waals surface area contributed by atoms with Crippen LogP contribution in [0, 0.1) is 22.7 Å². The second-order valence-corrected chi connectivity index (χ2v) is 9.66. The van der Waals surface area contributed by atoms with Crippen LogP contribution in [0.25, 0.3) is 16.9 Å². The minimum absolute atomic E-state index is 0.0445. The van der Waals surface area contributed by atoms with E-state index in [1.54, 1.807) is 17.0 Å². The smallest absolute Gasteiger partial charge is 0.290 e. The summed E-state index contributed by atoms with van der Waals surface area (Å²) in [6.07, 6.45) is 8.01. The SMILES string of the molecule is C[C@]12CC[C@@H]3c4c(-[15n]5c[15n]c(=[15NH])c6[15nH]c[15n]c65)cc(O)c(O)c4CC[C@H]3[C@@H]1CCC2=O.O=CO. The Balaban J connectivity index is 0.000000764. The number of aromatic amines is 1. The van der Waals surface area contributed by atoms with E-state index in [4.69, 9.17) is 15.3 Å². The third kappa shape index (κ3) is 3.04. The lowest BCUT2D eigenvalue weighted by Gasteiger charge is -2.48. The highest BCUT2D eigenvalue weighted by Crippen LogP contribution is 2.61. The van der Waals surface area contributed by atoms with Crippen LogP contribution in [-0.4, -0.2) is 47.1 Å². The highest BCUT2D eigenvalue weighted by Gasteiger charge is 2.55. The molecule has 0 aliphatic heterocycles. The first-order chi connectivity index (χ1) is 16.3. The zero-order valence-corrected chi connectivity index (χ0v) is 18.8. The van der Waals surface area contributed by atoms with Gasteiger partial charge >= 0.3 is 0 Å². The van der Waals surface area contributed by atoms with Crippen molar-refractivity contribution in [2.24, 2.45) is 17.3 Å². The van der Waals surface area contributed by atoms with Gasteiger partial charge in [-0.15, -0.1) is 0 Å². The summed E-state index contributed by atoms with van der Waals surface area (Å²) >= 11 is 0. The quantitative estimate of drug-likeness (QED) is 0.207. The number of fused-ring (bicyclic) bond motifs is 6. The summed E-state index contributed by atoms with van der Waals surface area (Å²) in [5, 5.41) is 36.2. The van der Waals surface area contributed by atoms with E-state index in [0.29, 0.717) is 41.6 Å². The lowest BCUT2D eigenvalue weighted by Crippen LogP contribution is -2.42. The first kappa shape index (κ1) is 22.1. The van der Waals surface area contributed by atoms with Crippen LogP contribution < -0.4 is 5.49 Å². The Morgan fingerprint density at radius 2 is 2.00 bits per heavy atom. The number of carboxylic acid groups (broad SMARTS) is 1. The zero-order valence-electron chi connectivity index (χ0n) is 18.8. The van der Waals surface area contributed by atoms with Crippen LogP contribution in [0.5, 0.6) is 11.5 Å². The fourth-order valence-electron chi connectivity index (χ4n) is 6.76. The average Bonchev–Trinajstić information content (AvgIpc) is 3.43. The number of H-pyrrole nitrogens is 1. The molecular weight excluding hydrogens is 443 g/mol. The molecule has 2 fully saturated rings. The summed E-state index contributed by atoms with van der Waals surface area (Å²) in [4.78, 5) is 32.6. The van der Waals surface area contributed by atoms with E-state index in [1.807, 2.05) is 0 Å². The van der Waals surface area contributed by atoms with E-state index >= 15 is 0 Å². The Morgan fingerprint density at radius 1 is 1.24 bits per heavy atom. The Hall–Kier alpha value is -3.69. The van der Waals surface area contributed by atoms with Crippen LogP contribution in [0.3, 0.4) is 0 Å². The fraction of sp³-hybridized carbons (Fsp3) is 0.458. The van der Waals surface area contributed by atoms with E-state index in [2.05, 4.69) is 21.9 Å². The van der Waals surface area contributed by atoms with Gasteiger partial charge < -0.3 is 20.3 Å². The van der Waals surface area contributed by atoms with Crippen molar-refractivity contribution in [1.29, 1.82) is 5.41 Å². The number of aromatic nitrogens is 4. The number of carbonyl (C=O) groups is 2. The minimum atomic E-state index is -0.250.